The number of ether oxygens (including phenoxy) is 2. The van der Waals surface area contributed by atoms with Gasteiger partial charge in [0.25, 0.3) is 0 Å². The van der Waals surface area contributed by atoms with Crippen LogP contribution in [0.5, 0.6) is 11.5 Å². The van der Waals surface area contributed by atoms with E-state index in [4.69, 9.17) is 9.47 Å². The second kappa shape index (κ2) is 9.38. The quantitative estimate of drug-likeness (QED) is 0.464. The average molecular weight is 458 g/mol. The van der Waals surface area contributed by atoms with Crippen molar-refractivity contribution in [3.05, 3.63) is 60.7 Å². The van der Waals surface area contributed by atoms with Crippen LogP contribution in [0.4, 0.5) is 23.1 Å². The normalized spacial score (nSPS) is 13.7. The molecule has 0 radical (unpaired) electrons. The Bertz CT molecular complexity index is 1270. The van der Waals surface area contributed by atoms with Gasteiger partial charge in [-0.1, -0.05) is 17.7 Å². The van der Waals surface area contributed by atoms with Crippen molar-refractivity contribution in [3.63, 3.8) is 0 Å². The van der Waals surface area contributed by atoms with Crippen molar-refractivity contribution in [1.82, 2.24) is 19.9 Å². The zero-order valence-corrected chi connectivity index (χ0v) is 19.5. The standard InChI is InChI=1S/C25H27N7O2/c1-17-4-6-18(7-5-17)30-19-14-26-25(27-15-19)32-10-8-31(9-11-32)24-20-12-22(33-2)23(34-3)13-21(20)28-16-29-24/h4-7,12-16,30H,8-11H2,1-3H3. The maximum Gasteiger partial charge on any atom is 0.225 e. The van der Waals surface area contributed by atoms with Gasteiger partial charge in [-0.3, -0.25) is 0 Å². The Labute approximate surface area is 198 Å². The van der Waals surface area contributed by atoms with Crippen molar-refractivity contribution < 1.29 is 9.47 Å². The second-order valence-electron chi connectivity index (χ2n) is 8.16. The summed E-state index contributed by atoms with van der Waals surface area (Å²) >= 11 is 0. The van der Waals surface area contributed by atoms with Crippen molar-refractivity contribution >= 4 is 34.0 Å². The van der Waals surface area contributed by atoms with E-state index in [2.05, 4.69) is 54.1 Å². The largest absolute Gasteiger partial charge is 0.493 e. The van der Waals surface area contributed by atoms with E-state index >= 15 is 0 Å². The molecule has 3 heterocycles. The Morgan fingerprint density at radius 2 is 1.41 bits per heavy atom. The summed E-state index contributed by atoms with van der Waals surface area (Å²) < 4.78 is 10.9. The minimum absolute atomic E-state index is 0.655. The predicted molar refractivity (Wildman–Crippen MR) is 134 cm³/mol. The zero-order chi connectivity index (χ0) is 23.5. The van der Waals surface area contributed by atoms with Crippen LogP contribution >= 0.6 is 0 Å². The third-order valence-corrected chi connectivity index (χ3v) is 5.96. The van der Waals surface area contributed by atoms with Gasteiger partial charge in [0.1, 0.15) is 12.1 Å². The number of benzene rings is 2. The molecule has 1 aliphatic heterocycles. The van der Waals surface area contributed by atoms with E-state index in [9.17, 15) is 0 Å². The fourth-order valence-electron chi connectivity index (χ4n) is 4.09. The highest BCUT2D eigenvalue weighted by atomic mass is 16.5. The van der Waals surface area contributed by atoms with Gasteiger partial charge in [0, 0.05) is 43.3 Å². The molecule has 34 heavy (non-hydrogen) atoms. The van der Waals surface area contributed by atoms with Gasteiger partial charge >= 0.3 is 0 Å². The first-order valence-corrected chi connectivity index (χ1v) is 11.2. The molecule has 0 saturated carbocycles. The number of hydrogen-bond acceptors (Lipinski definition) is 9. The molecule has 0 amide bonds. The number of anilines is 4. The molecule has 1 fully saturated rings. The monoisotopic (exact) mass is 457 g/mol. The average Bonchev–Trinajstić information content (AvgIpc) is 2.89. The van der Waals surface area contributed by atoms with E-state index in [1.165, 1.54) is 5.56 Å². The van der Waals surface area contributed by atoms with Crippen molar-refractivity contribution in [2.45, 2.75) is 6.92 Å². The highest BCUT2D eigenvalue weighted by Gasteiger charge is 2.22. The number of rotatable bonds is 6. The fourth-order valence-corrected chi connectivity index (χ4v) is 4.09. The lowest BCUT2D eigenvalue weighted by molar-refractivity contribution is 0.356. The van der Waals surface area contributed by atoms with Gasteiger partial charge in [0.2, 0.25) is 5.95 Å². The molecule has 1 aliphatic rings. The Kier molecular flexibility index (Phi) is 5.99. The molecule has 1 saturated heterocycles. The van der Waals surface area contributed by atoms with E-state index < -0.39 is 0 Å². The summed E-state index contributed by atoms with van der Waals surface area (Å²) in [6, 6.07) is 12.1. The molecule has 0 atom stereocenters. The van der Waals surface area contributed by atoms with Crippen LogP contribution in [0.2, 0.25) is 0 Å². The van der Waals surface area contributed by atoms with Crippen molar-refractivity contribution in [2.75, 3.05) is 55.5 Å². The number of nitrogens with zero attached hydrogens (tertiary/aromatic N) is 6. The van der Waals surface area contributed by atoms with Crippen LogP contribution < -0.4 is 24.6 Å². The molecule has 0 unspecified atom stereocenters. The van der Waals surface area contributed by atoms with Gasteiger partial charge in [0.05, 0.1) is 37.8 Å². The van der Waals surface area contributed by atoms with Crippen molar-refractivity contribution in [2.24, 2.45) is 0 Å². The van der Waals surface area contributed by atoms with Gasteiger partial charge in [-0.25, -0.2) is 19.9 Å². The van der Waals surface area contributed by atoms with Gasteiger partial charge < -0.3 is 24.6 Å². The minimum atomic E-state index is 0.655. The van der Waals surface area contributed by atoms with Crippen LogP contribution in [0.1, 0.15) is 5.56 Å². The molecule has 1 N–H and O–H groups in total. The maximum absolute atomic E-state index is 5.48. The first-order valence-electron chi connectivity index (χ1n) is 11.2. The molecule has 9 heteroatoms. The molecule has 174 valence electrons. The smallest absolute Gasteiger partial charge is 0.225 e. The molecule has 0 spiro atoms. The first-order chi connectivity index (χ1) is 16.6. The van der Waals surface area contributed by atoms with E-state index in [0.717, 1.165) is 60.2 Å². The van der Waals surface area contributed by atoms with Crippen LogP contribution in [0.15, 0.2) is 55.1 Å². The number of nitrogens with one attached hydrogen (secondary N) is 1. The number of fused-ring (bicyclic) bond motifs is 1. The van der Waals surface area contributed by atoms with Crippen LogP contribution in [0.3, 0.4) is 0 Å². The van der Waals surface area contributed by atoms with Gasteiger partial charge in [0.15, 0.2) is 11.5 Å². The summed E-state index contributed by atoms with van der Waals surface area (Å²) in [5, 5.41) is 4.28. The highest BCUT2D eigenvalue weighted by molar-refractivity contribution is 5.92. The Morgan fingerprint density at radius 1 is 0.765 bits per heavy atom. The molecule has 0 aliphatic carbocycles. The SMILES string of the molecule is COc1cc2ncnc(N3CCN(c4ncc(Nc5ccc(C)cc5)cn4)CC3)c2cc1OC. The molecule has 2 aromatic carbocycles. The number of aryl methyl sites for hydroxylation is 1. The van der Waals surface area contributed by atoms with E-state index in [-0.39, 0.29) is 0 Å². The van der Waals surface area contributed by atoms with E-state index in [0.29, 0.717) is 11.5 Å². The zero-order valence-electron chi connectivity index (χ0n) is 19.5. The van der Waals surface area contributed by atoms with Crippen LogP contribution in [0, 0.1) is 6.92 Å². The molecular formula is C25H27N7O2. The molecular weight excluding hydrogens is 430 g/mol. The Balaban J connectivity index is 1.27. The molecule has 9 nitrogen and oxygen atoms in total. The summed E-state index contributed by atoms with van der Waals surface area (Å²) in [5.74, 6) is 2.94. The van der Waals surface area contributed by atoms with Gasteiger partial charge in [-0.05, 0) is 25.1 Å². The number of methoxy groups -OCH3 is 2. The van der Waals surface area contributed by atoms with Crippen LogP contribution in [-0.2, 0) is 0 Å². The summed E-state index contributed by atoms with van der Waals surface area (Å²) in [6.07, 6.45) is 5.25. The van der Waals surface area contributed by atoms with Crippen molar-refractivity contribution in [1.29, 1.82) is 0 Å². The minimum Gasteiger partial charge on any atom is -0.493 e. The third kappa shape index (κ3) is 4.36. The molecule has 5 rings (SSSR count). The summed E-state index contributed by atoms with van der Waals surface area (Å²) in [5.41, 5.74) is 3.93. The topological polar surface area (TPSA) is 88.5 Å². The predicted octanol–water partition coefficient (Wildman–Crippen LogP) is 3.82. The molecule has 4 aromatic rings. The highest BCUT2D eigenvalue weighted by Crippen LogP contribution is 2.35. The summed E-state index contributed by atoms with van der Waals surface area (Å²) in [4.78, 5) is 22.6. The maximum atomic E-state index is 5.48. The van der Waals surface area contributed by atoms with Gasteiger partial charge in [-0.2, -0.15) is 0 Å². The van der Waals surface area contributed by atoms with E-state index in [1.807, 2.05) is 36.7 Å². The molecule has 2 aromatic heterocycles. The Hall–Kier alpha value is -4.14. The number of hydrogen-bond donors (Lipinski definition) is 1. The fraction of sp³-hybridized carbons (Fsp3) is 0.280. The van der Waals surface area contributed by atoms with Crippen LogP contribution in [0.25, 0.3) is 10.9 Å². The second-order valence-corrected chi connectivity index (χ2v) is 8.16. The Morgan fingerprint density at radius 3 is 2.09 bits per heavy atom. The van der Waals surface area contributed by atoms with Crippen LogP contribution in [-0.4, -0.2) is 60.3 Å². The summed E-state index contributed by atoms with van der Waals surface area (Å²) in [6.45, 7) is 5.26. The lowest BCUT2D eigenvalue weighted by Gasteiger charge is -2.35. The number of aromatic nitrogens is 4. The third-order valence-electron chi connectivity index (χ3n) is 5.96. The number of piperazine rings is 1. The van der Waals surface area contributed by atoms with E-state index in [1.54, 1.807) is 20.5 Å². The van der Waals surface area contributed by atoms with Gasteiger partial charge in [-0.15, -0.1) is 0 Å². The molecule has 0 bridgehead atoms. The lowest BCUT2D eigenvalue weighted by atomic mass is 10.2. The van der Waals surface area contributed by atoms with Crippen molar-refractivity contribution in [3.8, 4) is 11.5 Å². The first kappa shape index (κ1) is 21.7. The lowest BCUT2D eigenvalue weighted by Crippen LogP contribution is -2.47. The summed E-state index contributed by atoms with van der Waals surface area (Å²) in [7, 11) is 3.26.